The maximum atomic E-state index is 14.7. The quantitative estimate of drug-likeness (QED) is 0.459. The molecule has 2 aliphatic heterocycles. The molecule has 2 N–H and O–H groups in total. The van der Waals surface area contributed by atoms with Gasteiger partial charge in [-0.2, -0.15) is 4.39 Å². The van der Waals surface area contributed by atoms with Gasteiger partial charge in [-0.3, -0.25) is 4.90 Å². The van der Waals surface area contributed by atoms with Crippen LogP contribution < -0.4 is 9.47 Å². The molecule has 0 saturated carbocycles. The smallest absolute Gasteiger partial charge is 0.210 e. The van der Waals surface area contributed by atoms with Gasteiger partial charge in [-0.15, -0.1) is 11.8 Å². The molecular weight excluding hydrogens is 460 g/mol. The molecule has 178 valence electrons. The van der Waals surface area contributed by atoms with Gasteiger partial charge in [0.25, 0.3) is 0 Å². The van der Waals surface area contributed by atoms with Gasteiger partial charge in [0.15, 0.2) is 17.3 Å². The Bertz CT molecular complexity index is 1170. The number of ether oxygens (including phenoxy) is 2. The minimum absolute atomic E-state index is 0.0902. The van der Waals surface area contributed by atoms with E-state index in [0.717, 1.165) is 42.6 Å². The lowest BCUT2D eigenvalue weighted by molar-refractivity contribution is 0.178. The number of fused-ring (bicyclic) bond motifs is 1. The summed E-state index contributed by atoms with van der Waals surface area (Å²) in [6.07, 6.45) is 1.84. The molecule has 3 aromatic rings. The molecule has 0 radical (unpaired) electrons. The normalized spacial score (nSPS) is 20.1. The van der Waals surface area contributed by atoms with E-state index < -0.39 is 23.5 Å². The molecule has 2 aliphatic rings. The van der Waals surface area contributed by atoms with Crippen molar-refractivity contribution in [2.24, 2.45) is 0 Å². The van der Waals surface area contributed by atoms with Crippen molar-refractivity contribution in [2.45, 2.75) is 29.1 Å². The van der Waals surface area contributed by atoms with Crippen molar-refractivity contribution in [1.82, 2.24) is 4.90 Å². The predicted molar refractivity (Wildman–Crippen MR) is 126 cm³/mol. The van der Waals surface area contributed by atoms with Gasteiger partial charge in [0, 0.05) is 6.54 Å². The highest BCUT2D eigenvalue weighted by atomic mass is 32.2. The monoisotopic (exact) mass is 485 g/mol. The summed E-state index contributed by atoms with van der Waals surface area (Å²) in [5, 5.41) is 19.4. The SMILES string of the molecule is Oc1cccc([C@H]2Sc3cc(F)c(O)c(F)c3O[C@H]2c2ccc(OCCN3CCCC3)cc2)c1. The molecule has 2 heterocycles. The molecule has 3 aromatic carbocycles. The van der Waals surface area contributed by atoms with Crippen molar-refractivity contribution in [3.63, 3.8) is 0 Å². The number of thioether (sulfide) groups is 1. The van der Waals surface area contributed by atoms with E-state index in [4.69, 9.17) is 9.47 Å². The Kier molecular flexibility index (Phi) is 6.52. The van der Waals surface area contributed by atoms with Gasteiger partial charge >= 0.3 is 0 Å². The van der Waals surface area contributed by atoms with Crippen LogP contribution in [0.25, 0.3) is 0 Å². The molecule has 0 bridgehead atoms. The average Bonchev–Trinajstić information content (AvgIpc) is 3.36. The first-order valence-electron chi connectivity index (χ1n) is 11.3. The fourth-order valence-electron chi connectivity index (χ4n) is 4.39. The van der Waals surface area contributed by atoms with E-state index >= 15 is 0 Å². The zero-order valence-corrected chi connectivity index (χ0v) is 19.2. The van der Waals surface area contributed by atoms with E-state index in [1.807, 2.05) is 30.3 Å². The average molecular weight is 486 g/mol. The summed E-state index contributed by atoms with van der Waals surface area (Å²) in [7, 11) is 0. The third-order valence-electron chi connectivity index (χ3n) is 6.17. The highest BCUT2D eigenvalue weighted by Gasteiger charge is 2.36. The summed E-state index contributed by atoms with van der Waals surface area (Å²) in [6, 6.07) is 15.2. The van der Waals surface area contributed by atoms with Gasteiger partial charge in [-0.05, 0) is 67.4 Å². The maximum absolute atomic E-state index is 14.7. The predicted octanol–water partition coefficient (Wildman–Crippen LogP) is 5.82. The third-order valence-corrected chi connectivity index (χ3v) is 7.50. The lowest BCUT2D eigenvalue weighted by atomic mass is 9.99. The molecule has 0 aliphatic carbocycles. The van der Waals surface area contributed by atoms with Gasteiger partial charge in [0.1, 0.15) is 24.2 Å². The fourth-order valence-corrected chi connectivity index (χ4v) is 5.70. The molecule has 1 saturated heterocycles. The first-order valence-corrected chi connectivity index (χ1v) is 12.2. The van der Waals surface area contributed by atoms with Crippen molar-refractivity contribution in [3.05, 3.63) is 77.4 Å². The lowest BCUT2D eigenvalue weighted by Crippen LogP contribution is -2.25. The Morgan fingerprint density at radius 2 is 1.76 bits per heavy atom. The first kappa shape index (κ1) is 22.8. The molecule has 0 amide bonds. The number of halogens is 2. The Hall–Kier alpha value is -2.97. The number of likely N-dealkylation sites (tertiary alicyclic amines) is 1. The summed E-state index contributed by atoms with van der Waals surface area (Å²) in [5.41, 5.74) is 1.52. The van der Waals surface area contributed by atoms with Crippen LogP contribution in [0, 0.1) is 11.6 Å². The van der Waals surface area contributed by atoms with Crippen molar-refractivity contribution < 1.29 is 28.5 Å². The Morgan fingerprint density at radius 3 is 2.50 bits per heavy atom. The van der Waals surface area contributed by atoms with Crippen LogP contribution in [-0.2, 0) is 0 Å². The van der Waals surface area contributed by atoms with E-state index in [9.17, 15) is 19.0 Å². The van der Waals surface area contributed by atoms with E-state index in [1.165, 1.54) is 24.6 Å². The molecule has 0 spiro atoms. The third kappa shape index (κ3) is 4.65. The largest absolute Gasteiger partial charge is 0.508 e. The summed E-state index contributed by atoms with van der Waals surface area (Å²) < 4.78 is 40.6. The summed E-state index contributed by atoms with van der Waals surface area (Å²) >= 11 is 1.23. The van der Waals surface area contributed by atoms with E-state index in [0.29, 0.717) is 6.61 Å². The molecule has 8 heteroatoms. The van der Waals surface area contributed by atoms with Crippen LogP contribution in [0.2, 0.25) is 0 Å². The number of aromatic hydroxyl groups is 2. The van der Waals surface area contributed by atoms with Crippen molar-refractivity contribution >= 4 is 11.8 Å². The van der Waals surface area contributed by atoms with Gasteiger partial charge in [-0.1, -0.05) is 24.3 Å². The number of hydrogen-bond acceptors (Lipinski definition) is 6. The second kappa shape index (κ2) is 9.72. The van der Waals surface area contributed by atoms with Gasteiger partial charge in [0.05, 0.1) is 10.1 Å². The summed E-state index contributed by atoms with van der Waals surface area (Å²) in [6.45, 7) is 3.73. The van der Waals surface area contributed by atoms with Crippen molar-refractivity contribution in [1.29, 1.82) is 0 Å². The Balaban J connectivity index is 1.41. The van der Waals surface area contributed by atoms with Crippen LogP contribution >= 0.6 is 11.8 Å². The molecule has 1 fully saturated rings. The van der Waals surface area contributed by atoms with Gasteiger partial charge < -0.3 is 19.7 Å². The fraction of sp³-hybridized carbons (Fsp3) is 0.308. The number of phenolic OH excluding ortho intramolecular Hbond substituents is 2. The van der Waals surface area contributed by atoms with E-state index in [-0.39, 0.29) is 21.6 Å². The Labute approximate surface area is 200 Å². The minimum Gasteiger partial charge on any atom is -0.508 e. The first-order chi connectivity index (χ1) is 16.5. The topological polar surface area (TPSA) is 62.2 Å². The molecule has 34 heavy (non-hydrogen) atoms. The van der Waals surface area contributed by atoms with Crippen LogP contribution in [0.4, 0.5) is 8.78 Å². The second-order valence-electron chi connectivity index (χ2n) is 8.49. The van der Waals surface area contributed by atoms with E-state index in [1.54, 1.807) is 18.2 Å². The molecule has 2 atom stereocenters. The highest BCUT2D eigenvalue weighted by Crippen LogP contribution is 2.55. The lowest BCUT2D eigenvalue weighted by Gasteiger charge is -2.34. The zero-order valence-electron chi connectivity index (χ0n) is 18.4. The van der Waals surface area contributed by atoms with Crippen LogP contribution in [0.5, 0.6) is 23.0 Å². The van der Waals surface area contributed by atoms with Crippen LogP contribution in [0.15, 0.2) is 59.5 Å². The molecular formula is C26H25F2NO4S. The zero-order chi connectivity index (χ0) is 23.7. The number of phenols is 2. The second-order valence-corrected chi connectivity index (χ2v) is 9.67. The van der Waals surface area contributed by atoms with Crippen LogP contribution in [-0.4, -0.2) is 41.4 Å². The molecule has 0 unspecified atom stereocenters. The minimum atomic E-state index is -1.12. The Morgan fingerprint density at radius 1 is 1.00 bits per heavy atom. The van der Waals surface area contributed by atoms with E-state index in [2.05, 4.69) is 4.90 Å². The van der Waals surface area contributed by atoms with Gasteiger partial charge in [0.2, 0.25) is 5.82 Å². The molecule has 5 rings (SSSR count). The molecule has 0 aromatic heterocycles. The summed E-state index contributed by atoms with van der Waals surface area (Å²) in [5.74, 6) is -2.59. The number of benzene rings is 3. The van der Waals surface area contributed by atoms with Crippen LogP contribution in [0.1, 0.15) is 35.3 Å². The number of nitrogens with zero attached hydrogens (tertiary/aromatic N) is 1. The maximum Gasteiger partial charge on any atom is 0.210 e. The van der Waals surface area contributed by atoms with Gasteiger partial charge in [-0.25, -0.2) is 4.39 Å². The van der Waals surface area contributed by atoms with Crippen LogP contribution in [0.3, 0.4) is 0 Å². The van der Waals surface area contributed by atoms with Crippen molar-refractivity contribution in [2.75, 3.05) is 26.2 Å². The summed E-state index contributed by atoms with van der Waals surface area (Å²) in [4.78, 5) is 2.63. The standard InChI is InChI=1S/C26H25F2NO4S/c27-20-15-21-25(22(28)23(20)31)33-24(26(34-21)17-4-3-5-18(30)14-17)16-6-8-19(9-7-16)32-13-12-29-10-1-2-11-29/h3-9,14-15,24,26,30-31H,1-2,10-13H2/t24-,26+/m0/s1. The highest BCUT2D eigenvalue weighted by molar-refractivity contribution is 7.99. The molecule has 5 nitrogen and oxygen atoms in total. The number of rotatable bonds is 6. The number of hydrogen-bond donors (Lipinski definition) is 2. The van der Waals surface area contributed by atoms with Crippen molar-refractivity contribution in [3.8, 4) is 23.0 Å².